The van der Waals surface area contributed by atoms with Crippen molar-refractivity contribution in [1.29, 1.82) is 0 Å². The summed E-state index contributed by atoms with van der Waals surface area (Å²) in [7, 11) is 0. The number of hydrogen-bond acceptors (Lipinski definition) is 3. The van der Waals surface area contributed by atoms with E-state index in [2.05, 4.69) is 11.3 Å². The van der Waals surface area contributed by atoms with E-state index in [1.165, 1.54) is 6.92 Å². The molecule has 3 nitrogen and oxygen atoms in total. The summed E-state index contributed by atoms with van der Waals surface area (Å²) in [6.07, 6.45) is -9.23. The van der Waals surface area contributed by atoms with Crippen molar-refractivity contribution in [3.63, 3.8) is 0 Å². The molecule has 0 heterocycles. The highest BCUT2D eigenvalue weighted by atomic mass is 32.2. The third-order valence-corrected chi connectivity index (χ3v) is 7.01. The van der Waals surface area contributed by atoms with Crippen LogP contribution >= 0.6 is 0 Å². The number of ether oxygens (including phenoxy) is 1. The molecule has 0 aliphatic rings. The Morgan fingerprint density at radius 1 is 0.943 bits per heavy atom. The van der Waals surface area contributed by atoms with Gasteiger partial charge in [-0.05, 0) is 63.4 Å². The van der Waals surface area contributed by atoms with Gasteiger partial charge in [-0.25, -0.2) is 0 Å². The largest absolute Gasteiger partial charge is 0.598 e. The summed E-state index contributed by atoms with van der Waals surface area (Å²) in [5.74, 6) is 0. The van der Waals surface area contributed by atoms with Gasteiger partial charge in [0.25, 0.3) is 0 Å². The molecule has 2 aromatic rings. The maximum atomic E-state index is 13.3. The maximum Gasteiger partial charge on any atom is 0.416 e. The zero-order chi connectivity index (χ0) is 26.7. The molecule has 0 amide bonds. The normalized spacial score (nSPS) is 16.4. The highest BCUT2D eigenvalue weighted by Crippen LogP contribution is 2.38. The lowest BCUT2D eigenvalue weighted by Crippen LogP contribution is -2.53. The van der Waals surface area contributed by atoms with E-state index in [1.54, 1.807) is 57.2 Å². The number of rotatable bonds is 9. The van der Waals surface area contributed by atoms with Crippen LogP contribution in [0, 0.1) is 0 Å². The Morgan fingerprint density at radius 3 is 1.89 bits per heavy atom. The molecule has 0 saturated heterocycles. The van der Waals surface area contributed by atoms with Crippen molar-refractivity contribution in [3.05, 3.63) is 83.4 Å². The van der Waals surface area contributed by atoms with Gasteiger partial charge in [0.1, 0.15) is 10.3 Å². The van der Waals surface area contributed by atoms with Crippen LogP contribution in [-0.2, 0) is 34.0 Å². The van der Waals surface area contributed by atoms with Gasteiger partial charge in [0.05, 0.1) is 23.8 Å². The fourth-order valence-electron chi connectivity index (χ4n) is 3.30. The summed E-state index contributed by atoms with van der Waals surface area (Å²) in [6, 6.07) is 10.2. The van der Waals surface area contributed by atoms with E-state index >= 15 is 0 Å². The summed E-state index contributed by atoms with van der Waals surface area (Å²) in [5, 5.41) is 0. The van der Waals surface area contributed by atoms with E-state index in [-0.39, 0.29) is 24.7 Å². The number of benzene rings is 2. The molecule has 0 saturated carbocycles. The summed E-state index contributed by atoms with van der Waals surface area (Å²) >= 11 is -1.57. The van der Waals surface area contributed by atoms with E-state index in [0.29, 0.717) is 17.7 Å². The van der Waals surface area contributed by atoms with Crippen LogP contribution in [0.2, 0.25) is 0 Å². The lowest BCUT2D eigenvalue weighted by atomic mass is 9.88. The lowest BCUT2D eigenvalue weighted by molar-refractivity contribution is -0.143. The van der Waals surface area contributed by atoms with Crippen molar-refractivity contribution < 1.29 is 35.6 Å². The molecular formula is C25H29F6NO2S. The molecule has 194 valence electrons. The highest BCUT2D eigenvalue weighted by Gasteiger charge is 2.41. The van der Waals surface area contributed by atoms with Crippen molar-refractivity contribution >= 4 is 11.4 Å². The molecule has 3 atom stereocenters. The first-order chi connectivity index (χ1) is 16.0. The summed E-state index contributed by atoms with van der Waals surface area (Å²) in [4.78, 5) is 0. The predicted molar refractivity (Wildman–Crippen MR) is 125 cm³/mol. The van der Waals surface area contributed by atoms with Crippen molar-refractivity contribution in [3.8, 4) is 0 Å². The number of hydrogen-bond donors (Lipinski definition) is 1. The van der Waals surface area contributed by atoms with Crippen LogP contribution in [0.1, 0.15) is 62.5 Å². The Kier molecular flexibility index (Phi) is 9.14. The van der Waals surface area contributed by atoms with Crippen LogP contribution in [-0.4, -0.2) is 15.9 Å². The average molecular weight is 522 g/mol. The van der Waals surface area contributed by atoms with E-state index in [4.69, 9.17) is 4.74 Å². The first-order valence-electron chi connectivity index (χ1n) is 10.8. The van der Waals surface area contributed by atoms with E-state index in [1.807, 2.05) is 0 Å². The number of halogens is 6. The molecule has 0 aliphatic heterocycles. The first-order valence-corrected chi connectivity index (χ1v) is 11.9. The minimum Gasteiger partial charge on any atom is -0.598 e. The molecule has 1 unspecified atom stereocenters. The Balaban J connectivity index is 2.46. The maximum absolute atomic E-state index is 13.3. The van der Waals surface area contributed by atoms with Crippen LogP contribution in [0.15, 0.2) is 61.2 Å². The van der Waals surface area contributed by atoms with E-state index < -0.39 is 51.2 Å². The first kappa shape index (κ1) is 29.2. The fourth-order valence-corrected chi connectivity index (χ4v) is 4.22. The predicted octanol–water partition coefficient (Wildman–Crippen LogP) is 7.33. The fraction of sp³-hybridized carbons (Fsp3) is 0.440. The van der Waals surface area contributed by atoms with E-state index in [9.17, 15) is 30.9 Å². The zero-order valence-electron chi connectivity index (χ0n) is 19.9. The third-order valence-electron chi connectivity index (χ3n) is 5.32. The van der Waals surface area contributed by atoms with Crippen LogP contribution in [0.5, 0.6) is 0 Å². The summed E-state index contributed by atoms with van der Waals surface area (Å²) < 4.78 is 101. The molecular weight excluding hydrogens is 492 g/mol. The lowest BCUT2D eigenvalue weighted by Gasteiger charge is -2.38. The number of nitrogens with one attached hydrogen (secondary N) is 1. The van der Waals surface area contributed by atoms with Gasteiger partial charge in [-0.15, -0.1) is 11.3 Å². The van der Waals surface area contributed by atoms with Gasteiger partial charge < -0.3 is 9.29 Å². The highest BCUT2D eigenvalue weighted by molar-refractivity contribution is 7.90. The van der Waals surface area contributed by atoms with E-state index in [0.717, 1.165) is 0 Å². The van der Waals surface area contributed by atoms with Gasteiger partial charge in [0.15, 0.2) is 0 Å². The van der Waals surface area contributed by atoms with Crippen molar-refractivity contribution in [2.24, 2.45) is 0 Å². The van der Waals surface area contributed by atoms with Crippen LogP contribution < -0.4 is 4.72 Å². The Bertz CT molecular complexity index is 956. The molecule has 0 aliphatic carbocycles. The topological polar surface area (TPSA) is 44.3 Å². The Labute approximate surface area is 204 Å². The van der Waals surface area contributed by atoms with Gasteiger partial charge in [0.2, 0.25) is 0 Å². The zero-order valence-corrected chi connectivity index (χ0v) is 20.7. The molecule has 0 bridgehead atoms. The molecule has 0 spiro atoms. The molecule has 0 radical (unpaired) electrons. The quantitative estimate of drug-likeness (QED) is 0.214. The monoisotopic (exact) mass is 521 g/mol. The molecule has 10 heteroatoms. The minimum atomic E-state index is -4.96. The molecule has 35 heavy (non-hydrogen) atoms. The number of alkyl halides is 6. The van der Waals surface area contributed by atoms with Crippen LogP contribution in [0.25, 0.3) is 0 Å². The molecule has 0 aromatic heterocycles. The molecule has 0 fully saturated rings. The molecule has 1 N–H and O–H groups in total. The van der Waals surface area contributed by atoms with Crippen LogP contribution in [0.3, 0.4) is 0 Å². The molecule has 2 aromatic carbocycles. The second-order valence-corrected chi connectivity index (χ2v) is 11.2. The van der Waals surface area contributed by atoms with Crippen molar-refractivity contribution in [2.75, 3.05) is 6.61 Å². The van der Waals surface area contributed by atoms with Crippen molar-refractivity contribution in [2.45, 2.75) is 62.9 Å². The van der Waals surface area contributed by atoms with Crippen LogP contribution in [0.4, 0.5) is 26.3 Å². The third kappa shape index (κ3) is 7.73. The smallest absolute Gasteiger partial charge is 0.416 e. The summed E-state index contributed by atoms with van der Waals surface area (Å²) in [5.41, 5.74) is -3.51. The summed E-state index contributed by atoms with van der Waals surface area (Å²) in [6.45, 7) is 10.2. The van der Waals surface area contributed by atoms with Gasteiger partial charge in [-0.3, -0.25) is 0 Å². The van der Waals surface area contributed by atoms with Gasteiger partial charge in [-0.2, -0.15) is 26.3 Å². The van der Waals surface area contributed by atoms with Gasteiger partial charge in [-0.1, -0.05) is 36.4 Å². The van der Waals surface area contributed by atoms with Crippen molar-refractivity contribution in [1.82, 2.24) is 4.72 Å². The second kappa shape index (κ2) is 10.9. The minimum absolute atomic E-state index is 0.0796. The second-order valence-electron chi connectivity index (χ2n) is 9.22. The average Bonchev–Trinajstić information content (AvgIpc) is 2.75. The van der Waals surface area contributed by atoms with Gasteiger partial charge in [0, 0.05) is 11.4 Å². The molecule has 2 rings (SSSR count). The Morgan fingerprint density at radius 2 is 1.46 bits per heavy atom. The Hall–Kier alpha value is -2.01. The van der Waals surface area contributed by atoms with Gasteiger partial charge >= 0.3 is 12.4 Å². The standard InChI is InChI=1S/C25H29F6NO2S/c1-6-12-23(19-10-8-7-9-11-19,32-35(33)22(3,4)5)16-34-17(2)18-13-20(24(26,27)28)15-21(14-18)25(29,30)31/h6-11,13-15,17,32H,1,12,16H2,2-5H3/t17-,23-,35?/m1/s1. The SMILES string of the molecule is C=CC[C@](CO[C@H](C)c1cc(C(F)(F)F)cc(C(F)(F)F)c1)(N[S+]([O-])C(C)(C)C)c1ccccc1.